The maximum absolute atomic E-state index is 12.3. The van der Waals surface area contributed by atoms with Crippen LogP contribution in [0.4, 0.5) is 0 Å². The highest BCUT2D eigenvalue weighted by Gasteiger charge is 2.36. The van der Waals surface area contributed by atoms with E-state index >= 15 is 0 Å². The number of ether oxygens (including phenoxy) is 1. The van der Waals surface area contributed by atoms with Gasteiger partial charge in [0.25, 0.3) is 5.91 Å². The summed E-state index contributed by atoms with van der Waals surface area (Å²) in [5.74, 6) is 0.874. The van der Waals surface area contributed by atoms with Crippen molar-refractivity contribution in [2.24, 2.45) is 5.73 Å². The van der Waals surface area contributed by atoms with E-state index in [2.05, 4.69) is 39.9 Å². The van der Waals surface area contributed by atoms with E-state index in [1.54, 1.807) is 0 Å². The van der Waals surface area contributed by atoms with Crippen LogP contribution in [-0.4, -0.2) is 25.6 Å². The third kappa shape index (κ3) is 3.05. The zero-order valence-corrected chi connectivity index (χ0v) is 13.7. The summed E-state index contributed by atoms with van der Waals surface area (Å²) < 4.78 is 5.94. The molecule has 0 unspecified atom stereocenters. The van der Waals surface area contributed by atoms with Crippen LogP contribution in [0.25, 0.3) is 0 Å². The monoisotopic (exact) mass is 290 g/mol. The Kier molecular flexibility index (Phi) is 4.02. The predicted molar refractivity (Wildman–Crippen MR) is 85.1 cm³/mol. The topological polar surface area (TPSA) is 64.4 Å². The first kappa shape index (κ1) is 15.8. The van der Waals surface area contributed by atoms with Gasteiger partial charge in [0.15, 0.2) is 0 Å². The third-order valence-corrected chi connectivity index (χ3v) is 3.90. The van der Waals surface area contributed by atoms with Crippen molar-refractivity contribution in [1.82, 2.24) is 5.32 Å². The van der Waals surface area contributed by atoms with Crippen LogP contribution >= 0.6 is 0 Å². The first-order valence-corrected chi connectivity index (χ1v) is 7.47. The summed E-state index contributed by atoms with van der Waals surface area (Å²) in [5.41, 5.74) is 8.20. The first-order valence-electron chi connectivity index (χ1n) is 7.47. The van der Waals surface area contributed by atoms with Gasteiger partial charge in [-0.3, -0.25) is 4.79 Å². The molecule has 4 heteroatoms. The largest absolute Gasteiger partial charge is 0.492 e. The summed E-state index contributed by atoms with van der Waals surface area (Å²) in [5, 5.41) is 2.84. The molecule has 1 heterocycles. The van der Waals surface area contributed by atoms with Crippen LogP contribution in [-0.2, 0) is 10.8 Å². The lowest BCUT2D eigenvalue weighted by molar-refractivity contribution is 0.0954. The molecule has 1 amide bonds. The number of nitrogens with two attached hydrogens (primary N) is 1. The molecule has 0 radical (unpaired) electrons. The molecule has 1 aromatic rings. The van der Waals surface area contributed by atoms with Crippen LogP contribution in [0.2, 0.25) is 0 Å². The van der Waals surface area contributed by atoms with Crippen molar-refractivity contribution >= 4 is 5.91 Å². The molecule has 0 spiro atoms. The van der Waals surface area contributed by atoms with Crippen molar-refractivity contribution in [3.05, 3.63) is 28.8 Å². The number of benzene rings is 1. The second-order valence-corrected chi connectivity index (χ2v) is 7.37. The number of hydrogen-bond acceptors (Lipinski definition) is 3. The molecular weight excluding hydrogens is 264 g/mol. The second kappa shape index (κ2) is 5.34. The SMILES string of the molecule is CC(C)(C)c1cc(C(=O)NCCN)cc2c1OCC2(C)C. The molecule has 0 saturated heterocycles. The van der Waals surface area contributed by atoms with Crippen LogP contribution in [0.5, 0.6) is 5.75 Å². The molecule has 0 bridgehead atoms. The molecule has 3 N–H and O–H groups in total. The molecule has 1 aliphatic rings. The van der Waals surface area contributed by atoms with Gasteiger partial charge in [0.2, 0.25) is 0 Å². The van der Waals surface area contributed by atoms with E-state index in [1.165, 1.54) is 0 Å². The predicted octanol–water partition coefficient (Wildman–Crippen LogP) is 2.34. The normalized spacial score (nSPS) is 16.3. The molecule has 2 rings (SSSR count). The van der Waals surface area contributed by atoms with Gasteiger partial charge >= 0.3 is 0 Å². The van der Waals surface area contributed by atoms with Crippen molar-refractivity contribution < 1.29 is 9.53 Å². The van der Waals surface area contributed by atoms with Crippen molar-refractivity contribution in [3.8, 4) is 5.75 Å². The van der Waals surface area contributed by atoms with Gasteiger partial charge in [-0.2, -0.15) is 0 Å². The fourth-order valence-electron chi connectivity index (χ4n) is 2.59. The molecule has 0 aliphatic carbocycles. The molecule has 21 heavy (non-hydrogen) atoms. The minimum atomic E-state index is -0.0747. The number of rotatable bonds is 3. The zero-order valence-electron chi connectivity index (χ0n) is 13.7. The highest BCUT2D eigenvalue weighted by Crippen LogP contribution is 2.45. The fourth-order valence-corrected chi connectivity index (χ4v) is 2.59. The van der Waals surface area contributed by atoms with Crippen LogP contribution in [0.15, 0.2) is 12.1 Å². The molecule has 116 valence electrons. The standard InChI is InChI=1S/C17H26N2O2/c1-16(2,3)12-8-11(15(20)19-7-6-18)9-13-14(12)21-10-17(13,4)5/h8-9H,6-7,10,18H2,1-5H3,(H,19,20). The quantitative estimate of drug-likeness (QED) is 0.898. The van der Waals surface area contributed by atoms with Gasteiger partial charge in [-0.1, -0.05) is 34.6 Å². The number of amides is 1. The van der Waals surface area contributed by atoms with E-state index in [-0.39, 0.29) is 16.7 Å². The molecule has 0 saturated carbocycles. The Morgan fingerprint density at radius 2 is 2.05 bits per heavy atom. The summed E-state index contributed by atoms with van der Waals surface area (Å²) in [6.07, 6.45) is 0. The lowest BCUT2D eigenvalue weighted by atomic mass is 9.79. The van der Waals surface area contributed by atoms with Gasteiger partial charge in [-0.25, -0.2) is 0 Å². The fraction of sp³-hybridized carbons (Fsp3) is 0.588. The Labute approximate surface area is 127 Å². The van der Waals surface area contributed by atoms with Crippen molar-refractivity contribution in [2.45, 2.75) is 45.4 Å². The van der Waals surface area contributed by atoms with E-state index in [1.807, 2.05) is 12.1 Å². The Balaban J connectivity index is 2.53. The van der Waals surface area contributed by atoms with Crippen LogP contribution in [0, 0.1) is 0 Å². The maximum atomic E-state index is 12.3. The van der Waals surface area contributed by atoms with E-state index in [0.29, 0.717) is 25.3 Å². The average Bonchev–Trinajstić information content (AvgIpc) is 2.70. The second-order valence-electron chi connectivity index (χ2n) is 7.37. The number of carbonyl (C=O) groups excluding carboxylic acids is 1. The van der Waals surface area contributed by atoms with Crippen molar-refractivity contribution in [2.75, 3.05) is 19.7 Å². The molecule has 1 aliphatic heterocycles. The summed E-state index contributed by atoms with van der Waals surface area (Å²) in [6.45, 7) is 12.3. The van der Waals surface area contributed by atoms with Gasteiger partial charge in [0.1, 0.15) is 5.75 Å². The summed E-state index contributed by atoms with van der Waals surface area (Å²) in [6, 6.07) is 3.91. The van der Waals surface area contributed by atoms with Gasteiger partial charge in [-0.15, -0.1) is 0 Å². The number of fused-ring (bicyclic) bond motifs is 1. The van der Waals surface area contributed by atoms with Crippen LogP contribution in [0.3, 0.4) is 0 Å². The minimum absolute atomic E-state index is 0.0699. The van der Waals surface area contributed by atoms with Gasteiger partial charge in [-0.05, 0) is 17.5 Å². The molecular formula is C17H26N2O2. The molecule has 0 aromatic heterocycles. The molecule has 1 aromatic carbocycles. The van der Waals surface area contributed by atoms with Crippen molar-refractivity contribution in [1.29, 1.82) is 0 Å². The van der Waals surface area contributed by atoms with Crippen LogP contribution in [0.1, 0.15) is 56.1 Å². The van der Waals surface area contributed by atoms with E-state index in [0.717, 1.165) is 16.9 Å². The third-order valence-electron chi connectivity index (χ3n) is 3.90. The van der Waals surface area contributed by atoms with E-state index in [9.17, 15) is 4.79 Å². The van der Waals surface area contributed by atoms with Gasteiger partial charge < -0.3 is 15.8 Å². The van der Waals surface area contributed by atoms with Crippen LogP contribution < -0.4 is 15.8 Å². The van der Waals surface area contributed by atoms with Crippen molar-refractivity contribution in [3.63, 3.8) is 0 Å². The number of carbonyl (C=O) groups is 1. The van der Waals surface area contributed by atoms with E-state index in [4.69, 9.17) is 10.5 Å². The number of nitrogens with one attached hydrogen (secondary N) is 1. The summed E-state index contributed by atoms with van der Waals surface area (Å²) in [4.78, 5) is 12.3. The van der Waals surface area contributed by atoms with E-state index < -0.39 is 0 Å². The lowest BCUT2D eigenvalue weighted by Gasteiger charge is -2.24. The summed E-state index contributed by atoms with van der Waals surface area (Å²) in [7, 11) is 0. The minimum Gasteiger partial charge on any atom is -0.492 e. The highest BCUT2D eigenvalue weighted by atomic mass is 16.5. The Bertz CT molecular complexity index is 557. The Morgan fingerprint density at radius 1 is 1.38 bits per heavy atom. The molecule has 0 fully saturated rings. The van der Waals surface area contributed by atoms with Gasteiger partial charge in [0, 0.05) is 35.2 Å². The molecule has 0 atom stereocenters. The summed E-state index contributed by atoms with van der Waals surface area (Å²) >= 11 is 0. The highest BCUT2D eigenvalue weighted by molar-refractivity contribution is 5.95. The maximum Gasteiger partial charge on any atom is 0.251 e. The average molecular weight is 290 g/mol. The first-order chi connectivity index (χ1) is 9.66. The Hall–Kier alpha value is -1.55. The molecule has 4 nitrogen and oxygen atoms in total. The lowest BCUT2D eigenvalue weighted by Crippen LogP contribution is -2.29. The smallest absolute Gasteiger partial charge is 0.251 e. The Morgan fingerprint density at radius 3 is 2.62 bits per heavy atom. The van der Waals surface area contributed by atoms with Gasteiger partial charge in [0.05, 0.1) is 6.61 Å². The number of hydrogen-bond donors (Lipinski definition) is 2. The zero-order chi connectivity index (χ0) is 15.8.